The SMILES string of the molecule is NC(=O)c1ccccc1NC(=O)c1nn(-c2ccc(F)cc2)c2c1CCC2. The zero-order valence-corrected chi connectivity index (χ0v) is 14.4. The number of nitrogens with two attached hydrogens (primary N) is 1. The van der Waals surface area contributed by atoms with Crippen LogP contribution in [0.1, 0.15) is 38.5 Å². The first kappa shape index (κ1) is 17.0. The highest BCUT2D eigenvalue weighted by atomic mass is 19.1. The molecule has 2 amide bonds. The van der Waals surface area contributed by atoms with Gasteiger partial charge in [-0.05, 0) is 55.7 Å². The fourth-order valence-corrected chi connectivity index (χ4v) is 3.40. The Labute approximate surface area is 154 Å². The number of primary amides is 1. The van der Waals surface area contributed by atoms with E-state index in [2.05, 4.69) is 10.4 Å². The van der Waals surface area contributed by atoms with E-state index in [1.807, 2.05) is 0 Å². The molecule has 2 aromatic carbocycles. The number of carbonyl (C=O) groups is 2. The van der Waals surface area contributed by atoms with Crippen LogP contribution in [0.5, 0.6) is 0 Å². The topological polar surface area (TPSA) is 90.0 Å². The number of amides is 2. The maximum Gasteiger partial charge on any atom is 0.276 e. The number of benzene rings is 2. The van der Waals surface area contributed by atoms with Crippen molar-refractivity contribution in [2.45, 2.75) is 19.3 Å². The van der Waals surface area contributed by atoms with E-state index in [-0.39, 0.29) is 11.4 Å². The molecule has 27 heavy (non-hydrogen) atoms. The van der Waals surface area contributed by atoms with Crippen molar-refractivity contribution in [3.63, 3.8) is 0 Å². The average Bonchev–Trinajstić information content (AvgIpc) is 3.25. The Balaban J connectivity index is 1.71. The molecule has 0 atom stereocenters. The van der Waals surface area contributed by atoms with Crippen molar-refractivity contribution in [3.05, 3.63) is 76.9 Å². The largest absolute Gasteiger partial charge is 0.366 e. The van der Waals surface area contributed by atoms with Crippen molar-refractivity contribution in [2.24, 2.45) is 5.73 Å². The lowest BCUT2D eigenvalue weighted by Crippen LogP contribution is -2.19. The van der Waals surface area contributed by atoms with E-state index in [1.54, 1.807) is 41.1 Å². The second-order valence-corrected chi connectivity index (χ2v) is 6.38. The minimum Gasteiger partial charge on any atom is -0.366 e. The van der Waals surface area contributed by atoms with E-state index < -0.39 is 11.8 Å². The van der Waals surface area contributed by atoms with Crippen LogP contribution in [0.4, 0.5) is 10.1 Å². The van der Waals surface area contributed by atoms with Gasteiger partial charge in [-0.25, -0.2) is 9.07 Å². The summed E-state index contributed by atoms with van der Waals surface area (Å²) in [7, 11) is 0. The fraction of sp³-hybridized carbons (Fsp3) is 0.150. The first-order valence-electron chi connectivity index (χ1n) is 8.61. The summed E-state index contributed by atoms with van der Waals surface area (Å²) in [4.78, 5) is 24.4. The molecule has 0 bridgehead atoms. The molecular formula is C20H17FN4O2. The van der Waals surface area contributed by atoms with Crippen LogP contribution in [0.25, 0.3) is 5.69 Å². The monoisotopic (exact) mass is 364 g/mol. The Morgan fingerprint density at radius 3 is 2.56 bits per heavy atom. The number of hydrogen-bond donors (Lipinski definition) is 2. The first-order chi connectivity index (χ1) is 13.0. The highest BCUT2D eigenvalue weighted by molar-refractivity contribution is 6.08. The van der Waals surface area contributed by atoms with E-state index in [0.717, 1.165) is 30.5 Å². The molecule has 0 saturated carbocycles. The van der Waals surface area contributed by atoms with Crippen LogP contribution in [-0.4, -0.2) is 21.6 Å². The van der Waals surface area contributed by atoms with Crippen molar-refractivity contribution in [2.75, 3.05) is 5.32 Å². The van der Waals surface area contributed by atoms with Gasteiger partial charge in [0.1, 0.15) is 5.82 Å². The lowest BCUT2D eigenvalue weighted by atomic mass is 10.1. The third kappa shape index (κ3) is 3.08. The lowest BCUT2D eigenvalue weighted by molar-refractivity contribution is 0.100. The number of hydrogen-bond acceptors (Lipinski definition) is 3. The molecule has 3 N–H and O–H groups in total. The van der Waals surface area contributed by atoms with Gasteiger partial charge in [0.15, 0.2) is 5.69 Å². The van der Waals surface area contributed by atoms with Gasteiger partial charge in [-0.1, -0.05) is 12.1 Å². The van der Waals surface area contributed by atoms with Crippen molar-refractivity contribution in [1.82, 2.24) is 9.78 Å². The highest BCUT2D eigenvalue weighted by Gasteiger charge is 2.27. The van der Waals surface area contributed by atoms with Gasteiger partial charge in [-0.2, -0.15) is 5.10 Å². The quantitative estimate of drug-likeness (QED) is 0.746. The second kappa shape index (κ2) is 6.68. The molecule has 0 spiro atoms. The molecule has 0 fully saturated rings. The predicted molar refractivity (Wildman–Crippen MR) is 98.5 cm³/mol. The Bertz CT molecular complexity index is 1040. The summed E-state index contributed by atoms with van der Waals surface area (Å²) in [5, 5.41) is 7.20. The van der Waals surface area contributed by atoms with Gasteiger partial charge in [-0.3, -0.25) is 9.59 Å². The third-order valence-corrected chi connectivity index (χ3v) is 4.66. The number of nitrogens with one attached hydrogen (secondary N) is 1. The molecule has 1 aliphatic rings. The summed E-state index contributed by atoms with van der Waals surface area (Å²) in [5.74, 6) is -1.35. The number of nitrogens with zero attached hydrogens (tertiary/aromatic N) is 2. The van der Waals surface area contributed by atoms with E-state index in [4.69, 9.17) is 5.73 Å². The molecule has 3 aromatic rings. The molecule has 1 heterocycles. The smallest absolute Gasteiger partial charge is 0.276 e. The van der Waals surface area contributed by atoms with E-state index in [0.29, 0.717) is 17.1 Å². The van der Waals surface area contributed by atoms with Gasteiger partial charge in [0, 0.05) is 11.3 Å². The molecule has 7 heteroatoms. The Morgan fingerprint density at radius 1 is 1.07 bits per heavy atom. The standard InChI is InChI=1S/C20H17FN4O2/c21-12-8-10-13(11-9-12)25-17-7-3-5-15(17)18(24-25)20(27)23-16-6-2-1-4-14(16)19(22)26/h1-2,4,6,8-11H,3,5,7H2,(H2,22,26)(H,23,27). The molecule has 0 radical (unpaired) electrons. The van der Waals surface area contributed by atoms with E-state index in [1.165, 1.54) is 12.1 Å². The van der Waals surface area contributed by atoms with Gasteiger partial charge in [0.2, 0.25) is 0 Å². The van der Waals surface area contributed by atoms with Crippen molar-refractivity contribution >= 4 is 17.5 Å². The molecule has 6 nitrogen and oxygen atoms in total. The van der Waals surface area contributed by atoms with Crippen LogP contribution in [0, 0.1) is 5.82 Å². The lowest BCUT2D eigenvalue weighted by Gasteiger charge is -2.08. The van der Waals surface area contributed by atoms with Crippen LogP contribution >= 0.6 is 0 Å². The number of rotatable bonds is 4. The Hall–Kier alpha value is -3.48. The van der Waals surface area contributed by atoms with Crippen LogP contribution in [0.15, 0.2) is 48.5 Å². The second-order valence-electron chi connectivity index (χ2n) is 6.38. The van der Waals surface area contributed by atoms with E-state index in [9.17, 15) is 14.0 Å². The minimum absolute atomic E-state index is 0.237. The third-order valence-electron chi connectivity index (χ3n) is 4.66. The number of carbonyl (C=O) groups excluding carboxylic acids is 2. The molecule has 4 rings (SSSR count). The normalized spacial score (nSPS) is 12.6. The Morgan fingerprint density at radius 2 is 1.81 bits per heavy atom. The van der Waals surface area contributed by atoms with Crippen molar-refractivity contribution < 1.29 is 14.0 Å². The first-order valence-corrected chi connectivity index (χ1v) is 8.61. The summed E-state index contributed by atoms with van der Waals surface area (Å²) < 4.78 is 14.9. The summed E-state index contributed by atoms with van der Waals surface area (Å²) in [5.41, 5.74) is 8.80. The molecule has 136 valence electrons. The summed E-state index contributed by atoms with van der Waals surface area (Å²) in [6.07, 6.45) is 2.47. The van der Waals surface area contributed by atoms with E-state index >= 15 is 0 Å². The molecule has 0 aliphatic heterocycles. The maximum atomic E-state index is 13.2. The fourth-order valence-electron chi connectivity index (χ4n) is 3.40. The average molecular weight is 364 g/mol. The number of aromatic nitrogens is 2. The van der Waals surface area contributed by atoms with Crippen LogP contribution < -0.4 is 11.1 Å². The van der Waals surface area contributed by atoms with Gasteiger partial charge in [0.05, 0.1) is 16.9 Å². The van der Waals surface area contributed by atoms with Gasteiger partial charge in [0.25, 0.3) is 11.8 Å². The van der Waals surface area contributed by atoms with Crippen molar-refractivity contribution in [3.8, 4) is 5.69 Å². The number of halogens is 1. The number of anilines is 1. The van der Waals surface area contributed by atoms with Gasteiger partial charge >= 0.3 is 0 Å². The highest BCUT2D eigenvalue weighted by Crippen LogP contribution is 2.28. The Kier molecular flexibility index (Phi) is 4.19. The summed E-state index contributed by atoms with van der Waals surface area (Å²) >= 11 is 0. The number of fused-ring (bicyclic) bond motifs is 1. The van der Waals surface area contributed by atoms with Crippen LogP contribution in [0.2, 0.25) is 0 Å². The molecule has 0 saturated heterocycles. The zero-order chi connectivity index (χ0) is 19.0. The van der Waals surface area contributed by atoms with Gasteiger partial charge in [-0.15, -0.1) is 0 Å². The maximum absolute atomic E-state index is 13.2. The number of para-hydroxylation sites is 1. The van der Waals surface area contributed by atoms with Crippen LogP contribution in [-0.2, 0) is 12.8 Å². The van der Waals surface area contributed by atoms with Crippen molar-refractivity contribution in [1.29, 1.82) is 0 Å². The molecule has 1 aromatic heterocycles. The predicted octanol–water partition coefficient (Wildman–Crippen LogP) is 2.85. The van der Waals surface area contributed by atoms with Crippen LogP contribution in [0.3, 0.4) is 0 Å². The molecule has 0 unspecified atom stereocenters. The molecular weight excluding hydrogens is 347 g/mol. The van der Waals surface area contributed by atoms with Gasteiger partial charge < -0.3 is 11.1 Å². The molecule has 1 aliphatic carbocycles. The summed E-state index contributed by atoms with van der Waals surface area (Å²) in [6, 6.07) is 12.5. The minimum atomic E-state index is -0.618. The zero-order valence-electron chi connectivity index (χ0n) is 14.4. The summed E-state index contributed by atoms with van der Waals surface area (Å²) in [6.45, 7) is 0.